The highest BCUT2D eigenvalue weighted by Crippen LogP contribution is 2.24. The summed E-state index contributed by atoms with van der Waals surface area (Å²) >= 11 is 5.06. The summed E-state index contributed by atoms with van der Waals surface area (Å²) in [6.45, 7) is 2.03. The number of nitrogens with zero attached hydrogens (tertiary/aromatic N) is 2. The molecule has 2 N–H and O–H groups in total. The Hall–Kier alpha value is -1.00. The highest BCUT2D eigenvalue weighted by molar-refractivity contribution is 7.80. The molecule has 0 saturated heterocycles. The van der Waals surface area contributed by atoms with Gasteiger partial charge in [0.05, 0.1) is 0 Å². The van der Waals surface area contributed by atoms with Gasteiger partial charge in [0.2, 0.25) is 0 Å². The maximum atomic E-state index is 5.72. The van der Waals surface area contributed by atoms with Crippen LogP contribution in [0.15, 0.2) is 18.3 Å². The van der Waals surface area contributed by atoms with E-state index in [-0.39, 0.29) is 0 Å². The summed E-state index contributed by atoms with van der Waals surface area (Å²) in [5.41, 5.74) is 7.63. The van der Waals surface area contributed by atoms with E-state index in [1.165, 1.54) is 32.1 Å². The Morgan fingerprint density at radius 3 is 2.84 bits per heavy atom. The monoisotopic (exact) mass is 277 g/mol. The maximum absolute atomic E-state index is 5.72. The highest BCUT2D eigenvalue weighted by atomic mass is 32.1. The van der Waals surface area contributed by atoms with Gasteiger partial charge in [-0.25, -0.2) is 0 Å². The van der Waals surface area contributed by atoms with Gasteiger partial charge in [-0.1, -0.05) is 37.5 Å². The van der Waals surface area contributed by atoms with Gasteiger partial charge in [0.15, 0.2) is 0 Å². The van der Waals surface area contributed by atoms with Crippen molar-refractivity contribution in [2.24, 2.45) is 11.7 Å². The van der Waals surface area contributed by atoms with Crippen molar-refractivity contribution in [3.63, 3.8) is 0 Å². The minimum Gasteiger partial charge on any atom is -0.388 e. The van der Waals surface area contributed by atoms with Crippen molar-refractivity contribution in [1.29, 1.82) is 0 Å². The van der Waals surface area contributed by atoms with Gasteiger partial charge >= 0.3 is 0 Å². The van der Waals surface area contributed by atoms with Crippen LogP contribution in [0.2, 0.25) is 0 Å². The second-order valence-electron chi connectivity index (χ2n) is 5.58. The maximum Gasteiger partial charge on any atom is 0.123 e. The van der Waals surface area contributed by atoms with Crippen LogP contribution in [0.25, 0.3) is 0 Å². The molecule has 104 valence electrons. The molecule has 0 unspecified atom stereocenters. The first-order valence-corrected chi connectivity index (χ1v) is 7.50. The molecule has 1 aromatic rings. The summed E-state index contributed by atoms with van der Waals surface area (Å²) in [6, 6.07) is 4.02. The van der Waals surface area contributed by atoms with E-state index in [9.17, 15) is 0 Å². The van der Waals surface area contributed by atoms with Crippen molar-refractivity contribution in [2.45, 2.75) is 38.6 Å². The average molecular weight is 277 g/mol. The van der Waals surface area contributed by atoms with Gasteiger partial charge in [0.1, 0.15) is 10.7 Å². The zero-order valence-electron chi connectivity index (χ0n) is 11.6. The van der Waals surface area contributed by atoms with Gasteiger partial charge in [0.25, 0.3) is 0 Å². The number of thiocarbonyl (C=S) groups is 1. The fourth-order valence-corrected chi connectivity index (χ4v) is 3.14. The molecule has 2 rings (SSSR count). The number of aromatic nitrogens is 1. The number of nitrogens with two attached hydrogens (primary N) is 1. The summed E-state index contributed by atoms with van der Waals surface area (Å²) in [4.78, 5) is 7.05. The second kappa shape index (κ2) is 6.96. The Morgan fingerprint density at radius 1 is 1.42 bits per heavy atom. The van der Waals surface area contributed by atoms with Crippen LogP contribution >= 0.6 is 12.2 Å². The van der Waals surface area contributed by atoms with Gasteiger partial charge < -0.3 is 10.6 Å². The lowest BCUT2D eigenvalue weighted by atomic mass is 9.89. The molecule has 0 aromatic carbocycles. The van der Waals surface area contributed by atoms with Gasteiger partial charge in [-0.15, -0.1) is 0 Å². The Labute approximate surface area is 121 Å². The third kappa shape index (κ3) is 4.25. The molecule has 0 radical (unpaired) electrons. The molecular weight excluding hydrogens is 254 g/mol. The van der Waals surface area contributed by atoms with Gasteiger partial charge in [0, 0.05) is 19.3 Å². The van der Waals surface area contributed by atoms with Crippen LogP contribution in [0.5, 0.6) is 0 Å². The minimum atomic E-state index is 0.390. The molecule has 1 aliphatic rings. The molecule has 0 atom stereocenters. The molecule has 1 heterocycles. The van der Waals surface area contributed by atoms with Crippen LogP contribution in [0.3, 0.4) is 0 Å². The summed E-state index contributed by atoms with van der Waals surface area (Å²) in [6.07, 6.45) is 8.69. The molecule has 1 fully saturated rings. The van der Waals surface area contributed by atoms with Gasteiger partial charge in [-0.05, 0) is 37.4 Å². The van der Waals surface area contributed by atoms with Gasteiger partial charge in [-0.2, -0.15) is 0 Å². The van der Waals surface area contributed by atoms with Crippen molar-refractivity contribution >= 4 is 17.2 Å². The topological polar surface area (TPSA) is 42.2 Å². The van der Waals surface area contributed by atoms with Crippen molar-refractivity contribution < 1.29 is 0 Å². The molecule has 1 aromatic heterocycles. The second-order valence-corrected chi connectivity index (χ2v) is 6.02. The number of hydrogen-bond acceptors (Lipinski definition) is 3. The number of hydrogen-bond donors (Lipinski definition) is 1. The Kier molecular flexibility index (Phi) is 5.28. The van der Waals surface area contributed by atoms with E-state index < -0.39 is 0 Å². The molecule has 19 heavy (non-hydrogen) atoms. The number of pyridine rings is 1. The average Bonchev–Trinajstić information content (AvgIpc) is 2.40. The first kappa shape index (κ1) is 14.4. The Balaban J connectivity index is 1.94. The predicted octanol–water partition coefficient (Wildman–Crippen LogP) is 2.73. The fourth-order valence-electron chi connectivity index (χ4n) is 2.95. The van der Waals surface area contributed by atoms with Crippen LogP contribution < -0.4 is 5.73 Å². The van der Waals surface area contributed by atoms with Crippen molar-refractivity contribution in [3.8, 4) is 0 Å². The highest BCUT2D eigenvalue weighted by Gasteiger charge is 2.16. The van der Waals surface area contributed by atoms with Crippen LogP contribution in [-0.4, -0.2) is 28.5 Å². The van der Waals surface area contributed by atoms with Crippen LogP contribution in [0.1, 0.15) is 43.4 Å². The lowest BCUT2D eigenvalue weighted by molar-refractivity contribution is 0.228. The van der Waals surface area contributed by atoms with E-state index in [0.717, 1.165) is 30.3 Å². The van der Waals surface area contributed by atoms with Crippen molar-refractivity contribution in [3.05, 3.63) is 29.6 Å². The normalized spacial score (nSPS) is 16.7. The lowest BCUT2D eigenvalue weighted by Crippen LogP contribution is -2.28. The fraction of sp³-hybridized carbons (Fsp3) is 0.600. The van der Waals surface area contributed by atoms with E-state index >= 15 is 0 Å². The molecule has 4 heteroatoms. The van der Waals surface area contributed by atoms with E-state index in [0.29, 0.717) is 4.99 Å². The number of rotatable bonds is 5. The molecule has 1 saturated carbocycles. The SMILES string of the molecule is CN(Cc1cccnc1C(N)=S)CC1CCCCC1. The zero-order valence-corrected chi connectivity index (χ0v) is 12.5. The molecular formula is C15H23N3S. The quantitative estimate of drug-likeness (QED) is 0.840. The predicted molar refractivity (Wildman–Crippen MR) is 83.0 cm³/mol. The van der Waals surface area contributed by atoms with Gasteiger partial charge in [-0.3, -0.25) is 4.98 Å². The molecule has 0 bridgehead atoms. The largest absolute Gasteiger partial charge is 0.388 e. The summed E-state index contributed by atoms with van der Waals surface area (Å²) in [5, 5.41) is 0. The first-order valence-electron chi connectivity index (χ1n) is 7.09. The lowest BCUT2D eigenvalue weighted by Gasteiger charge is -2.27. The van der Waals surface area contributed by atoms with Crippen LogP contribution in [-0.2, 0) is 6.54 Å². The van der Waals surface area contributed by atoms with E-state index in [1.807, 2.05) is 6.07 Å². The Morgan fingerprint density at radius 2 is 2.16 bits per heavy atom. The molecule has 0 spiro atoms. The molecule has 0 aliphatic heterocycles. The molecule has 1 aliphatic carbocycles. The third-order valence-corrected chi connectivity index (χ3v) is 4.05. The van der Waals surface area contributed by atoms with Crippen molar-refractivity contribution in [1.82, 2.24) is 9.88 Å². The smallest absolute Gasteiger partial charge is 0.123 e. The summed E-state index contributed by atoms with van der Waals surface area (Å²) in [5.74, 6) is 0.851. The van der Waals surface area contributed by atoms with Crippen molar-refractivity contribution in [2.75, 3.05) is 13.6 Å². The zero-order chi connectivity index (χ0) is 13.7. The summed E-state index contributed by atoms with van der Waals surface area (Å²) < 4.78 is 0. The third-order valence-electron chi connectivity index (χ3n) is 3.86. The molecule has 3 nitrogen and oxygen atoms in total. The minimum absolute atomic E-state index is 0.390. The molecule has 0 amide bonds. The standard InChI is InChI=1S/C15H23N3S/c1-18(10-12-6-3-2-4-7-12)11-13-8-5-9-17-14(13)15(16)19/h5,8-9,12H,2-4,6-7,10-11H2,1H3,(H2,16,19). The van der Waals surface area contributed by atoms with E-state index in [1.54, 1.807) is 6.20 Å². The van der Waals surface area contributed by atoms with E-state index in [2.05, 4.69) is 23.0 Å². The van der Waals surface area contributed by atoms with Crippen LogP contribution in [0.4, 0.5) is 0 Å². The Bertz CT molecular complexity index is 427. The summed E-state index contributed by atoms with van der Waals surface area (Å²) in [7, 11) is 2.17. The van der Waals surface area contributed by atoms with Crippen LogP contribution in [0, 0.1) is 5.92 Å². The first-order chi connectivity index (χ1) is 9.16. The van der Waals surface area contributed by atoms with E-state index in [4.69, 9.17) is 18.0 Å².